The Labute approximate surface area is 174 Å². The van der Waals surface area contributed by atoms with Crippen LogP contribution in [0.5, 0.6) is 5.88 Å². The third kappa shape index (κ3) is 5.11. The van der Waals surface area contributed by atoms with Crippen LogP contribution in [0.3, 0.4) is 0 Å². The van der Waals surface area contributed by atoms with Crippen LogP contribution in [-0.4, -0.2) is 58.1 Å². The molecule has 3 aromatic heterocycles. The lowest BCUT2D eigenvalue weighted by Crippen LogP contribution is -2.28. The summed E-state index contributed by atoms with van der Waals surface area (Å²) >= 11 is 0. The van der Waals surface area contributed by atoms with Gasteiger partial charge in [0.2, 0.25) is 5.88 Å². The van der Waals surface area contributed by atoms with Crippen molar-refractivity contribution in [1.82, 2.24) is 19.5 Å². The molecule has 0 spiro atoms. The van der Waals surface area contributed by atoms with Gasteiger partial charge in [0, 0.05) is 55.9 Å². The Balaban J connectivity index is 2.01. The van der Waals surface area contributed by atoms with Gasteiger partial charge in [-0.05, 0) is 25.0 Å². The van der Waals surface area contributed by atoms with Crippen molar-refractivity contribution >= 4 is 17.0 Å². The van der Waals surface area contributed by atoms with Crippen LogP contribution in [0.1, 0.15) is 19.8 Å². The Hall–Kier alpha value is -3.04. The second kappa shape index (κ2) is 10.7. The number of ether oxygens (including phenoxy) is 2. The van der Waals surface area contributed by atoms with Gasteiger partial charge >= 0.3 is 0 Å². The first-order valence-corrected chi connectivity index (χ1v) is 10.0. The molecule has 3 rings (SSSR count). The summed E-state index contributed by atoms with van der Waals surface area (Å²) in [7, 11) is 1.57. The number of pyridine rings is 2. The lowest BCUT2D eigenvalue weighted by Gasteiger charge is -2.14. The number of aliphatic hydroxyl groups excluding tert-OH is 1. The van der Waals surface area contributed by atoms with Gasteiger partial charge in [0.25, 0.3) is 5.56 Å². The zero-order valence-corrected chi connectivity index (χ0v) is 17.3. The van der Waals surface area contributed by atoms with E-state index < -0.39 is 0 Å². The van der Waals surface area contributed by atoms with E-state index in [-0.39, 0.29) is 18.0 Å². The molecule has 0 atom stereocenters. The number of hydrogen-bond donors (Lipinski definition) is 2. The summed E-state index contributed by atoms with van der Waals surface area (Å²) in [4.78, 5) is 26.1. The van der Waals surface area contributed by atoms with E-state index in [4.69, 9.17) is 14.6 Å². The lowest BCUT2D eigenvalue weighted by molar-refractivity contribution is 0.127. The highest BCUT2D eigenvalue weighted by Gasteiger charge is 2.13. The van der Waals surface area contributed by atoms with E-state index in [0.717, 1.165) is 17.5 Å². The predicted octanol–water partition coefficient (Wildman–Crippen LogP) is 2.08. The molecule has 0 aromatic carbocycles. The minimum Gasteiger partial charge on any atom is -0.481 e. The molecular formula is C21H27N5O4. The minimum absolute atomic E-state index is 0.0388. The maximum atomic E-state index is 13.0. The highest BCUT2D eigenvalue weighted by atomic mass is 16.5. The van der Waals surface area contributed by atoms with Crippen molar-refractivity contribution < 1.29 is 14.6 Å². The number of nitrogens with zero attached hydrogens (tertiary/aromatic N) is 4. The number of aromatic nitrogens is 4. The van der Waals surface area contributed by atoms with Crippen LogP contribution in [0.4, 0.5) is 5.82 Å². The second-order valence-corrected chi connectivity index (χ2v) is 6.69. The molecular weight excluding hydrogens is 386 g/mol. The number of methoxy groups -OCH3 is 1. The van der Waals surface area contributed by atoms with Crippen LogP contribution in [0.25, 0.3) is 22.3 Å². The number of aliphatic hydroxyl groups is 1. The van der Waals surface area contributed by atoms with Crippen molar-refractivity contribution in [3.8, 4) is 17.0 Å². The van der Waals surface area contributed by atoms with Crippen LogP contribution in [0.2, 0.25) is 0 Å². The Morgan fingerprint density at radius 1 is 1.17 bits per heavy atom. The van der Waals surface area contributed by atoms with Crippen LogP contribution in [-0.2, 0) is 11.3 Å². The maximum Gasteiger partial charge on any atom is 0.293 e. The first-order valence-electron chi connectivity index (χ1n) is 10.0. The van der Waals surface area contributed by atoms with Gasteiger partial charge in [0.05, 0.1) is 19.2 Å². The summed E-state index contributed by atoms with van der Waals surface area (Å²) in [5, 5.41) is 12.0. The molecule has 0 aliphatic carbocycles. The van der Waals surface area contributed by atoms with Gasteiger partial charge in [0.1, 0.15) is 0 Å². The third-order valence-electron chi connectivity index (χ3n) is 4.52. The molecule has 160 valence electrons. The molecule has 0 saturated heterocycles. The van der Waals surface area contributed by atoms with Crippen molar-refractivity contribution in [3.63, 3.8) is 0 Å². The first-order chi connectivity index (χ1) is 14.7. The summed E-state index contributed by atoms with van der Waals surface area (Å²) < 4.78 is 12.3. The summed E-state index contributed by atoms with van der Waals surface area (Å²) in [6, 6.07) is 5.55. The zero-order chi connectivity index (χ0) is 21.3. The zero-order valence-electron chi connectivity index (χ0n) is 17.3. The smallest absolute Gasteiger partial charge is 0.293 e. The fourth-order valence-corrected chi connectivity index (χ4v) is 2.98. The van der Waals surface area contributed by atoms with E-state index in [2.05, 4.69) is 20.3 Å². The summed E-state index contributed by atoms with van der Waals surface area (Å²) in [5.74, 6) is 0.746. The average molecular weight is 413 g/mol. The van der Waals surface area contributed by atoms with E-state index in [9.17, 15) is 4.79 Å². The topological polar surface area (TPSA) is 111 Å². The van der Waals surface area contributed by atoms with E-state index in [1.165, 1.54) is 0 Å². The molecule has 3 aromatic rings. The first kappa shape index (κ1) is 21.7. The highest BCUT2D eigenvalue weighted by molar-refractivity contribution is 5.78. The Morgan fingerprint density at radius 3 is 2.70 bits per heavy atom. The van der Waals surface area contributed by atoms with Gasteiger partial charge < -0.3 is 19.9 Å². The van der Waals surface area contributed by atoms with Gasteiger partial charge in [0.15, 0.2) is 11.5 Å². The predicted molar refractivity (Wildman–Crippen MR) is 115 cm³/mol. The average Bonchev–Trinajstić information content (AvgIpc) is 2.78. The van der Waals surface area contributed by atoms with E-state index in [1.54, 1.807) is 30.1 Å². The molecule has 0 aliphatic rings. The van der Waals surface area contributed by atoms with Gasteiger partial charge in [-0.25, -0.2) is 15.0 Å². The number of rotatable bonds is 11. The summed E-state index contributed by atoms with van der Waals surface area (Å²) in [6.07, 6.45) is 4.84. The molecule has 3 heterocycles. The largest absolute Gasteiger partial charge is 0.481 e. The molecule has 0 bridgehead atoms. The molecule has 0 unspecified atom stereocenters. The van der Waals surface area contributed by atoms with Gasteiger partial charge in [-0.2, -0.15) is 0 Å². The quantitative estimate of drug-likeness (QED) is 0.460. The van der Waals surface area contributed by atoms with Crippen LogP contribution < -0.4 is 15.6 Å². The van der Waals surface area contributed by atoms with E-state index >= 15 is 0 Å². The maximum absolute atomic E-state index is 13.0. The van der Waals surface area contributed by atoms with Gasteiger partial charge in [-0.1, -0.05) is 6.92 Å². The standard InChI is InChI=1S/C21H27N5O4/c1-3-10-30-11-8-26-17-12-16(15-5-6-18(29-2)23-13-15)14-24-19(17)25-20(21(26)28)22-7-4-9-27/h5-6,12-14,27H,3-4,7-11H2,1-2H3,(H,22,24,25). The van der Waals surface area contributed by atoms with Gasteiger partial charge in [-0.15, -0.1) is 0 Å². The Bertz CT molecular complexity index is 1020. The monoisotopic (exact) mass is 413 g/mol. The molecule has 9 heteroatoms. The van der Waals surface area contributed by atoms with Crippen molar-refractivity contribution in [2.45, 2.75) is 26.3 Å². The minimum atomic E-state index is -0.243. The molecule has 0 amide bonds. The van der Waals surface area contributed by atoms with Crippen molar-refractivity contribution in [3.05, 3.63) is 40.9 Å². The van der Waals surface area contributed by atoms with Crippen LogP contribution in [0.15, 0.2) is 35.4 Å². The molecule has 9 nitrogen and oxygen atoms in total. The molecule has 0 fully saturated rings. The lowest BCUT2D eigenvalue weighted by atomic mass is 10.1. The molecule has 0 aliphatic heterocycles. The second-order valence-electron chi connectivity index (χ2n) is 6.69. The van der Waals surface area contributed by atoms with E-state index in [1.807, 2.05) is 19.1 Å². The number of anilines is 1. The molecule has 0 radical (unpaired) electrons. The Morgan fingerprint density at radius 2 is 2.00 bits per heavy atom. The number of nitrogens with one attached hydrogen (secondary N) is 1. The van der Waals surface area contributed by atoms with E-state index in [0.29, 0.717) is 49.8 Å². The third-order valence-corrected chi connectivity index (χ3v) is 4.52. The summed E-state index contributed by atoms with van der Waals surface area (Å²) in [6.45, 7) is 3.97. The number of hydrogen-bond acceptors (Lipinski definition) is 8. The molecule has 30 heavy (non-hydrogen) atoms. The van der Waals surface area contributed by atoms with Crippen LogP contribution >= 0.6 is 0 Å². The molecule has 2 N–H and O–H groups in total. The van der Waals surface area contributed by atoms with Crippen molar-refractivity contribution in [1.29, 1.82) is 0 Å². The Kier molecular flexibility index (Phi) is 7.69. The fourth-order valence-electron chi connectivity index (χ4n) is 2.98. The fraction of sp³-hybridized carbons (Fsp3) is 0.429. The van der Waals surface area contributed by atoms with Gasteiger partial charge in [-0.3, -0.25) is 9.36 Å². The SMILES string of the molecule is CCCOCCn1c(=O)c(NCCCO)nc2ncc(-c3ccc(OC)nc3)cc21. The normalized spacial score (nSPS) is 11.0. The highest BCUT2D eigenvalue weighted by Crippen LogP contribution is 2.23. The van der Waals surface area contributed by atoms with Crippen molar-refractivity contribution in [2.24, 2.45) is 0 Å². The van der Waals surface area contributed by atoms with Crippen molar-refractivity contribution in [2.75, 3.05) is 38.8 Å². The van der Waals surface area contributed by atoms with Crippen LogP contribution in [0, 0.1) is 0 Å². The molecule has 0 saturated carbocycles. The summed E-state index contributed by atoms with van der Waals surface area (Å²) in [5.41, 5.74) is 2.52. The number of fused-ring (bicyclic) bond motifs is 1.